The summed E-state index contributed by atoms with van der Waals surface area (Å²) in [4.78, 5) is 24.5. The molecule has 1 saturated carbocycles. The van der Waals surface area contributed by atoms with Gasteiger partial charge in [-0.3, -0.25) is 9.20 Å². The molecule has 0 atom stereocenters. The fraction of sp³-hybridized carbons (Fsp3) is 0.316. The normalized spacial score (nSPS) is 13.7. The number of aromatic nitrogens is 3. The molecular weight excluding hydrogens is 330 g/mol. The molecule has 7 heteroatoms. The van der Waals surface area contributed by atoms with Crippen LogP contribution in [-0.2, 0) is 6.54 Å². The number of rotatable bonds is 6. The van der Waals surface area contributed by atoms with Gasteiger partial charge in [0.2, 0.25) is 0 Å². The standard InChI is InChI=1S/C19H21N5O2/c1-13-5-6-14(18(25)21-15-7-8-15)12-16(13)20-9-11-24-19(26)23-10-3-2-4-17(23)22-24/h2-6,10,12,15,20H,7-9,11H2,1H3,(H,21,25). The summed E-state index contributed by atoms with van der Waals surface area (Å²) in [6, 6.07) is 11.4. The van der Waals surface area contributed by atoms with Crippen LogP contribution in [0.15, 0.2) is 47.4 Å². The summed E-state index contributed by atoms with van der Waals surface area (Å²) >= 11 is 0. The molecule has 0 spiro atoms. The van der Waals surface area contributed by atoms with Gasteiger partial charge in [0.05, 0.1) is 6.54 Å². The van der Waals surface area contributed by atoms with Crippen molar-refractivity contribution in [2.45, 2.75) is 32.4 Å². The van der Waals surface area contributed by atoms with E-state index >= 15 is 0 Å². The average molecular weight is 351 g/mol. The van der Waals surface area contributed by atoms with Crippen molar-refractivity contribution < 1.29 is 4.79 Å². The lowest BCUT2D eigenvalue weighted by Gasteiger charge is -2.11. The van der Waals surface area contributed by atoms with Crippen molar-refractivity contribution in [3.05, 3.63) is 64.2 Å². The summed E-state index contributed by atoms with van der Waals surface area (Å²) in [6.45, 7) is 2.97. The number of hydrogen-bond acceptors (Lipinski definition) is 4. The third kappa shape index (κ3) is 3.33. The summed E-state index contributed by atoms with van der Waals surface area (Å²) in [5, 5.41) is 10.6. The minimum absolute atomic E-state index is 0.0351. The zero-order valence-corrected chi connectivity index (χ0v) is 14.6. The summed E-state index contributed by atoms with van der Waals surface area (Å²) in [6.07, 6.45) is 3.84. The number of nitrogens with zero attached hydrogens (tertiary/aromatic N) is 3. The average Bonchev–Trinajstić information content (AvgIpc) is 3.40. The van der Waals surface area contributed by atoms with Crippen LogP contribution in [0.5, 0.6) is 0 Å². The first-order valence-corrected chi connectivity index (χ1v) is 8.81. The molecule has 7 nitrogen and oxygen atoms in total. The Bertz CT molecular complexity index is 1020. The molecule has 2 heterocycles. The van der Waals surface area contributed by atoms with Gasteiger partial charge < -0.3 is 10.6 Å². The van der Waals surface area contributed by atoms with Crippen LogP contribution in [0.25, 0.3) is 5.65 Å². The molecule has 1 fully saturated rings. The number of amides is 1. The molecule has 0 saturated heterocycles. The highest BCUT2D eigenvalue weighted by molar-refractivity contribution is 5.95. The second kappa shape index (κ2) is 6.67. The van der Waals surface area contributed by atoms with Crippen LogP contribution in [0.4, 0.5) is 5.69 Å². The van der Waals surface area contributed by atoms with Gasteiger partial charge in [-0.05, 0) is 49.6 Å². The summed E-state index contributed by atoms with van der Waals surface area (Å²) in [5.74, 6) is -0.0351. The van der Waals surface area contributed by atoms with Gasteiger partial charge in [-0.1, -0.05) is 12.1 Å². The molecular formula is C19H21N5O2. The number of nitrogens with one attached hydrogen (secondary N) is 2. The first-order valence-electron chi connectivity index (χ1n) is 8.81. The van der Waals surface area contributed by atoms with Crippen LogP contribution in [0.3, 0.4) is 0 Å². The Labute approximate surface area is 150 Å². The Morgan fingerprint density at radius 3 is 2.88 bits per heavy atom. The maximum Gasteiger partial charge on any atom is 0.350 e. The van der Waals surface area contributed by atoms with Gasteiger partial charge in [0.25, 0.3) is 5.91 Å². The Balaban J connectivity index is 1.44. The van der Waals surface area contributed by atoms with Crippen LogP contribution in [0.1, 0.15) is 28.8 Å². The number of anilines is 1. The third-order valence-corrected chi connectivity index (χ3v) is 4.54. The van der Waals surface area contributed by atoms with Crippen LogP contribution in [-0.4, -0.2) is 32.7 Å². The van der Waals surface area contributed by atoms with Crippen LogP contribution in [0, 0.1) is 6.92 Å². The highest BCUT2D eigenvalue weighted by atomic mass is 16.2. The predicted octanol–water partition coefficient (Wildman–Crippen LogP) is 1.81. The van der Waals surface area contributed by atoms with Crippen molar-refractivity contribution in [2.75, 3.05) is 11.9 Å². The first kappa shape index (κ1) is 16.4. The topological polar surface area (TPSA) is 80.4 Å². The van der Waals surface area contributed by atoms with Gasteiger partial charge in [-0.2, -0.15) is 0 Å². The molecule has 0 aliphatic heterocycles. The van der Waals surface area contributed by atoms with Crippen molar-refractivity contribution in [1.82, 2.24) is 19.5 Å². The predicted molar refractivity (Wildman–Crippen MR) is 99.6 cm³/mol. The SMILES string of the molecule is Cc1ccc(C(=O)NC2CC2)cc1NCCn1nc2ccccn2c1=O. The van der Waals surface area contributed by atoms with E-state index < -0.39 is 0 Å². The van der Waals surface area contributed by atoms with Crippen molar-refractivity contribution in [1.29, 1.82) is 0 Å². The summed E-state index contributed by atoms with van der Waals surface area (Å²) in [7, 11) is 0. The molecule has 1 amide bonds. The number of carbonyl (C=O) groups is 1. The summed E-state index contributed by atoms with van der Waals surface area (Å²) in [5.41, 5.74) is 3.07. The quantitative estimate of drug-likeness (QED) is 0.710. The lowest BCUT2D eigenvalue weighted by Crippen LogP contribution is -2.26. The Morgan fingerprint density at radius 2 is 2.12 bits per heavy atom. The molecule has 0 bridgehead atoms. The summed E-state index contributed by atoms with van der Waals surface area (Å²) < 4.78 is 2.97. The van der Waals surface area contributed by atoms with Gasteiger partial charge in [-0.15, -0.1) is 5.10 Å². The Morgan fingerprint density at radius 1 is 1.27 bits per heavy atom. The largest absolute Gasteiger partial charge is 0.383 e. The zero-order chi connectivity index (χ0) is 18.1. The van der Waals surface area contributed by atoms with Crippen molar-refractivity contribution in [2.24, 2.45) is 0 Å². The van der Waals surface area contributed by atoms with E-state index in [2.05, 4.69) is 15.7 Å². The zero-order valence-electron chi connectivity index (χ0n) is 14.6. The van der Waals surface area contributed by atoms with Gasteiger partial charge in [0.1, 0.15) is 0 Å². The molecule has 134 valence electrons. The number of hydrogen-bond donors (Lipinski definition) is 2. The molecule has 2 N–H and O–H groups in total. The maximum absolute atomic E-state index is 12.3. The Kier molecular flexibility index (Phi) is 4.20. The van der Waals surface area contributed by atoms with Crippen LogP contribution < -0.4 is 16.3 Å². The van der Waals surface area contributed by atoms with Gasteiger partial charge in [-0.25, -0.2) is 9.48 Å². The highest BCUT2D eigenvalue weighted by Crippen LogP contribution is 2.21. The number of benzene rings is 1. The van der Waals surface area contributed by atoms with Gasteiger partial charge >= 0.3 is 5.69 Å². The molecule has 26 heavy (non-hydrogen) atoms. The lowest BCUT2D eigenvalue weighted by atomic mass is 10.1. The van der Waals surface area contributed by atoms with Gasteiger partial charge in [0, 0.05) is 30.0 Å². The van der Waals surface area contributed by atoms with Crippen molar-refractivity contribution in [3.8, 4) is 0 Å². The van der Waals surface area contributed by atoms with E-state index in [1.807, 2.05) is 31.2 Å². The smallest absolute Gasteiger partial charge is 0.350 e. The van der Waals surface area contributed by atoms with E-state index in [1.165, 1.54) is 9.08 Å². The monoisotopic (exact) mass is 351 g/mol. The van der Waals surface area contributed by atoms with Crippen molar-refractivity contribution >= 4 is 17.2 Å². The first-order chi connectivity index (χ1) is 12.6. The number of aryl methyl sites for hydroxylation is 1. The second-order valence-electron chi connectivity index (χ2n) is 6.64. The third-order valence-electron chi connectivity index (χ3n) is 4.54. The lowest BCUT2D eigenvalue weighted by molar-refractivity contribution is 0.0951. The Hall–Kier alpha value is -3.09. The second-order valence-corrected chi connectivity index (χ2v) is 6.64. The molecule has 2 aromatic heterocycles. The fourth-order valence-electron chi connectivity index (χ4n) is 2.86. The molecule has 0 radical (unpaired) electrons. The fourth-order valence-corrected chi connectivity index (χ4v) is 2.86. The minimum Gasteiger partial charge on any atom is -0.383 e. The van der Waals surface area contributed by atoms with E-state index in [4.69, 9.17) is 0 Å². The van der Waals surface area contributed by atoms with E-state index in [-0.39, 0.29) is 11.6 Å². The molecule has 3 aromatic rings. The molecule has 1 aliphatic rings. The highest BCUT2D eigenvalue weighted by Gasteiger charge is 2.23. The van der Waals surface area contributed by atoms with E-state index in [0.29, 0.717) is 30.3 Å². The maximum atomic E-state index is 12.3. The molecule has 1 aliphatic carbocycles. The minimum atomic E-state index is -0.156. The number of fused-ring (bicyclic) bond motifs is 1. The van der Waals surface area contributed by atoms with Crippen LogP contribution >= 0.6 is 0 Å². The molecule has 4 rings (SSSR count). The molecule has 0 unspecified atom stereocenters. The number of pyridine rings is 1. The van der Waals surface area contributed by atoms with Crippen molar-refractivity contribution in [3.63, 3.8) is 0 Å². The van der Waals surface area contributed by atoms with E-state index in [1.54, 1.807) is 18.3 Å². The number of carbonyl (C=O) groups excluding carboxylic acids is 1. The van der Waals surface area contributed by atoms with E-state index in [9.17, 15) is 9.59 Å². The molecule has 1 aromatic carbocycles. The van der Waals surface area contributed by atoms with Crippen LogP contribution in [0.2, 0.25) is 0 Å². The van der Waals surface area contributed by atoms with Gasteiger partial charge in [0.15, 0.2) is 5.65 Å². The van der Waals surface area contributed by atoms with E-state index in [0.717, 1.165) is 24.1 Å².